The van der Waals surface area contributed by atoms with Gasteiger partial charge < -0.3 is 23.2 Å². The number of nitrogens with zero attached hydrogens (tertiary/aromatic N) is 6. The van der Waals surface area contributed by atoms with Crippen molar-refractivity contribution in [3.8, 4) is 45.5 Å². The first-order valence-corrected chi connectivity index (χ1v) is 22.2. The second-order valence-corrected chi connectivity index (χ2v) is 18.3. The zero-order valence-corrected chi connectivity index (χ0v) is 39.8. The smallest absolute Gasteiger partial charge is 0.503 e. The van der Waals surface area contributed by atoms with Crippen LogP contribution in [0.3, 0.4) is 0 Å². The fourth-order valence-corrected chi connectivity index (χ4v) is 10.2. The molecule has 1 aliphatic heterocycles. The third-order valence-corrected chi connectivity index (χ3v) is 13.3. The molecule has 4 aromatic heterocycles. The van der Waals surface area contributed by atoms with Gasteiger partial charge in [0.05, 0.1) is 11.0 Å². The molecule has 0 radical (unpaired) electrons. The minimum Gasteiger partial charge on any atom is -0.503 e. The molecule has 0 bridgehead atoms. The maximum atomic E-state index is 6.71. The quantitative estimate of drug-likeness (QED) is 0.123. The molecule has 322 valence electrons. The van der Waals surface area contributed by atoms with Gasteiger partial charge in [-0.15, -0.1) is 23.6 Å². The number of benzene rings is 7. The zero-order chi connectivity index (χ0) is 44.1. The van der Waals surface area contributed by atoms with Crippen molar-refractivity contribution in [1.29, 1.82) is 0 Å². The van der Waals surface area contributed by atoms with Crippen molar-refractivity contribution >= 4 is 61.7 Å². The number of aryl methyl sites for hydroxylation is 2. The van der Waals surface area contributed by atoms with E-state index in [1.165, 1.54) is 49.5 Å². The van der Waals surface area contributed by atoms with Gasteiger partial charge in [-0.05, 0) is 96.3 Å². The molecular formula is C57H45BN6OPt. The van der Waals surface area contributed by atoms with Gasteiger partial charge in [0.2, 0.25) is 0 Å². The van der Waals surface area contributed by atoms with Gasteiger partial charge in [-0.2, -0.15) is 6.07 Å². The molecule has 0 spiro atoms. The van der Waals surface area contributed by atoms with E-state index in [1.807, 2.05) is 24.5 Å². The number of aromatic nitrogens is 5. The Morgan fingerprint density at radius 1 is 0.621 bits per heavy atom. The summed E-state index contributed by atoms with van der Waals surface area (Å²) in [4.78, 5) is 12.2. The Bertz CT molecular complexity index is 3670. The Morgan fingerprint density at radius 3 is 2.17 bits per heavy atom. The molecule has 11 aromatic rings. The predicted octanol–water partition coefficient (Wildman–Crippen LogP) is 12.8. The van der Waals surface area contributed by atoms with Crippen LogP contribution in [0, 0.1) is 26.0 Å². The molecule has 0 atom stereocenters. The maximum absolute atomic E-state index is 6.71. The van der Waals surface area contributed by atoms with Crippen LogP contribution in [0.1, 0.15) is 37.5 Å². The summed E-state index contributed by atoms with van der Waals surface area (Å²) in [6.45, 7) is 11.0. The van der Waals surface area contributed by atoms with E-state index in [9.17, 15) is 0 Å². The van der Waals surface area contributed by atoms with E-state index < -0.39 is 0 Å². The normalized spacial score (nSPS) is 12.5. The monoisotopic (exact) mass is 1040 g/mol. The van der Waals surface area contributed by atoms with Crippen LogP contribution in [0.4, 0.5) is 5.69 Å². The van der Waals surface area contributed by atoms with Gasteiger partial charge in [0.25, 0.3) is 0 Å². The van der Waals surface area contributed by atoms with Gasteiger partial charge in [-0.1, -0.05) is 140 Å². The Morgan fingerprint density at radius 2 is 1.35 bits per heavy atom. The molecule has 66 heavy (non-hydrogen) atoms. The van der Waals surface area contributed by atoms with Crippen LogP contribution in [0.15, 0.2) is 164 Å². The fourth-order valence-electron chi connectivity index (χ4n) is 10.2. The molecule has 0 unspecified atom stereocenters. The zero-order valence-electron chi connectivity index (χ0n) is 37.6. The number of hydrogen-bond donors (Lipinski definition) is 0. The van der Waals surface area contributed by atoms with Crippen LogP contribution in [-0.2, 0) is 26.5 Å². The topological polar surface area (TPSA) is 53.0 Å². The van der Waals surface area contributed by atoms with Gasteiger partial charge in [-0.3, -0.25) is 4.98 Å². The first kappa shape index (κ1) is 41.6. The minimum atomic E-state index is -0.0664. The number of ether oxygens (including phenoxy) is 1. The van der Waals surface area contributed by atoms with E-state index in [0.717, 1.165) is 55.9 Å². The number of rotatable bonds is 6. The average Bonchev–Trinajstić information content (AvgIpc) is 4.03. The molecular weight excluding hydrogens is 991 g/mol. The molecule has 12 rings (SSSR count). The summed E-state index contributed by atoms with van der Waals surface area (Å²) in [6.07, 6.45) is 5.85. The summed E-state index contributed by atoms with van der Waals surface area (Å²) in [5.74, 6) is 2.87. The molecule has 7 aromatic carbocycles. The van der Waals surface area contributed by atoms with Gasteiger partial charge in [0.1, 0.15) is 5.82 Å². The van der Waals surface area contributed by atoms with E-state index in [0.29, 0.717) is 11.5 Å². The molecule has 0 amide bonds. The number of hydrogen-bond acceptors (Lipinski definition) is 4. The second-order valence-electron chi connectivity index (χ2n) is 18.3. The van der Waals surface area contributed by atoms with E-state index in [-0.39, 0.29) is 33.5 Å². The summed E-state index contributed by atoms with van der Waals surface area (Å²) in [6, 6.07) is 59.2. The Labute approximate surface area is 399 Å². The van der Waals surface area contributed by atoms with Crippen LogP contribution in [-0.4, -0.2) is 37.6 Å². The first-order chi connectivity index (χ1) is 31.6. The summed E-state index contributed by atoms with van der Waals surface area (Å²) in [7, 11) is 2.14. The summed E-state index contributed by atoms with van der Waals surface area (Å²) in [5, 5.41) is 4.62. The number of anilines is 1. The number of pyridine rings is 1. The Balaban J connectivity index is 0.00000481. The molecule has 0 aliphatic carbocycles. The summed E-state index contributed by atoms with van der Waals surface area (Å²) in [5.41, 5.74) is 14.6. The molecule has 0 N–H and O–H groups in total. The van der Waals surface area contributed by atoms with E-state index in [2.05, 4.69) is 212 Å². The SMILES string of the molecule is Cc1cccc(C)c1B1N(C)c2ccc(Oc3[c-]c4c(cc3)c3cc(-c5cccc6c5c5ccccc5n6-c5ccccc5)ccc3n4-c3cc(C(C)(C)C)ccn3)[c-]c2-c2nccn21.[Pt+2]. The van der Waals surface area contributed by atoms with Crippen LogP contribution in [0.25, 0.3) is 77.6 Å². The van der Waals surface area contributed by atoms with Crippen molar-refractivity contribution in [1.82, 2.24) is 23.6 Å². The Kier molecular flexibility index (Phi) is 9.94. The van der Waals surface area contributed by atoms with E-state index >= 15 is 0 Å². The van der Waals surface area contributed by atoms with Crippen molar-refractivity contribution < 1.29 is 25.8 Å². The molecule has 0 fully saturated rings. The van der Waals surface area contributed by atoms with Gasteiger partial charge in [0, 0.05) is 57.9 Å². The molecule has 0 saturated carbocycles. The summed E-state index contributed by atoms with van der Waals surface area (Å²) < 4.78 is 13.6. The number of para-hydroxylation sites is 2. The fraction of sp³-hybridized carbons (Fsp3) is 0.123. The van der Waals surface area contributed by atoms with Gasteiger partial charge >= 0.3 is 28.0 Å². The van der Waals surface area contributed by atoms with Crippen molar-refractivity contribution in [2.45, 2.75) is 40.0 Å². The minimum absolute atomic E-state index is 0. The van der Waals surface area contributed by atoms with Crippen LogP contribution >= 0.6 is 0 Å². The van der Waals surface area contributed by atoms with Crippen molar-refractivity contribution in [3.63, 3.8) is 0 Å². The van der Waals surface area contributed by atoms with E-state index in [1.54, 1.807) is 0 Å². The second kappa shape index (κ2) is 15.8. The van der Waals surface area contributed by atoms with E-state index in [4.69, 9.17) is 14.7 Å². The van der Waals surface area contributed by atoms with Crippen molar-refractivity contribution in [2.24, 2.45) is 0 Å². The molecule has 5 heterocycles. The van der Waals surface area contributed by atoms with Gasteiger partial charge in [-0.25, -0.2) is 4.98 Å². The summed E-state index contributed by atoms with van der Waals surface area (Å²) >= 11 is 0. The predicted molar refractivity (Wildman–Crippen MR) is 268 cm³/mol. The number of fused-ring (bicyclic) bond motifs is 9. The van der Waals surface area contributed by atoms with Crippen molar-refractivity contribution in [3.05, 3.63) is 193 Å². The van der Waals surface area contributed by atoms with Crippen LogP contribution in [0.5, 0.6) is 11.5 Å². The van der Waals surface area contributed by atoms with Crippen LogP contribution < -0.4 is 15.0 Å². The maximum Gasteiger partial charge on any atom is 2.00 e. The first-order valence-electron chi connectivity index (χ1n) is 22.2. The number of imidazole rings is 1. The molecule has 7 nitrogen and oxygen atoms in total. The van der Waals surface area contributed by atoms with Crippen LogP contribution in [0.2, 0.25) is 0 Å². The molecule has 0 saturated heterocycles. The Hall–Kier alpha value is -7.15. The third kappa shape index (κ3) is 6.53. The molecule has 1 aliphatic rings. The standard InChI is InChI=1S/C57H45BN6O.Pt/c1-36-14-12-15-37(2)55(36)58-61(6)48-27-24-41(34-47(48)56-60-30-31-62(56)58)65-42-23-25-44-46-32-38(22-26-50(46)64(52(44)35-42)53-33-39(28-29-59-53)57(3,4)5)43-19-13-21-51-54(43)45-18-10-11-20-49(45)63(51)40-16-8-7-9-17-40;/h7-33H,1-6H3;/q-2;+2. The average molecular weight is 1040 g/mol. The van der Waals surface area contributed by atoms with Gasteiger partial charge in [0.15, 0.2) is 0 Å². The molecule has 9 heteroatoms. The largest absolute Gasteiger partial charge is 2.00 e. The third-order valence-electron chi connectivity index (χ3n) is 13.3. The van der Waals surface area contributed by atoms with Crippen molar-refractivity contribution in [2.75, 3.05) is 11.9 Å².